The Morgan fingerprint density at radius 2 is 1.53 bits per heavy atom. The van der Waals surface area contributed by atoms with E-state index in [-0.39, 0.29) is 24.8 Å². The van der Waals surface area contributed by atoms with Gasteiger partial charge in [-0.1, -0.05) is 34.9 Å². The maximum Gasteiger partial charge on any atom is 0.315 e. The van der Waals surface area contributed by atoms with Crippen LogP contribution in [-0.4, -0.2) is 48.0 Å². The molecule has 0 aromatic carbocycles. The fourth-order valence-electron chi connectivity index (χ4n) is 3.10. The molecule has 0 aliphatic carbocycles. The van der Waals surface area contributed by atoms with Gasteiger partial charge in [-0.3, -0.25) is 9.59 Å². The van der Waals surface area contributed by atoms with Crippen molar-refractivity contribution in [1.82, 2.24) is 16.0 Å². The third kappa shape index (κ3) is 18.2. The van der Waals surface area contributed by atoms with Crippen molar-refractivity contribution in [3.05, 3.63) is 34.9 Å². The number of urea groups is 1. The first kappa shape index (κ1) is 31.8. The number of hydrogen-bond donors (Lipinski definition) is 4. The molecule has 0 saturated carbocycles. The Kier molecular flexibility index (Phi) is 17.9. The molecule has 0 rings (SSSR count). The van der Waals surface area contributed by atoms with Crippen LogP contribution in [0.5, 0.6) is 0 Å². The van der Waals surface area contributed by atoms with E-state index in [0.717, 1.165) is 37.2 Å². The molecule has 0 saturated heterocycles. The Labute approximate surface area is 210 Å². The predicted octanol–water partition coefficient (Wildman–Crippen LogP) is 4.60. The van der Waals surface area contributed by atoms with Crippen LogP contribution in [0.4, 0.5) is 4.79 Å². The highest BCUT2D eigenvalue weighted by Crippen LogP contribution is 2.13. The van der Waals surface area contributed by atoms with Crippen LogP contribution in [0.25, 0.3) is 0 Å². The molecule has 5 N–H and O–H groups in total. The highest BCUT2D eigenvalue weighted by atomic mass is 32.2. The summed E-state index contributed by atoms with van der Waals surface area (Å²) in [6.45, 7) is 12.8. The first-order chi connectivity index (χ1) is 16.0. The second kappa shape index (κ2) is 19.1. The molecule has 0 fully saturated rings. The normalized spacial score (nSPS) is 13.6. The molecule has 194 valence electrons. The van der Waals surface area contributed by atoms with E-state index in [0.29, 0.717) is 6.54 Å². The maximum absolute atomic E-state index is 12.2. The lowest BCUT2D eigenvalue weighted by Gasteiger charge is -2.17. The number of nitrogens with two attached hydrogens (primary N) is 1. The summed E-state index contributed by atoms with van der Waals surface area (Å²) in [7, 11) is 0. The minimum Gasteiger partial charge on any atom is -0.368 e. The number of hydrogen-bond acceptors (Lipinski definition) is 4. The summed E-state index contributed by atoms with van der Waals surface area (Å²) in [6.07, 6.45) is 11.6. The number of carbonyl (C=O) groups excluding carboxylic acids is 3. The molecule has 0 radical (unpaired) electrons. The van der Waals surface area contributed by atoms with Crippen LogP contribution < -0.4 is 21.7 Å². The second-order valence-electron chi connectivity index (χ2n) is 8.96. The summed E-state index contributed by atoms with van der Waals surface area (Å²) in [6, 6.07) is -1.32. The molecule has 0 spiro atoms. The van der Waals surface area contributed by atoms with Gasteiger partial charge in [0.1, 0.15) is 6.04 Å². The molecule has 0 aliphatic heterocycles. The highest BCUT2D eigenvalue weighted by Gasteiger charge is 2.19. The zero-order chi connectivity index (χ0) is 25.9. The number of allylic oxidation sites excluding steroid dienone is 5. The molecule has 0 heterocycles. The molecule has 0 bridgehead atoms. The van der Waals surface area contributed by atoms with E-state index < -0.39 is 18.0 Å². The second-order valence-corrected chi connectivity index (χ2v) is 10.0. The molecule has 2 atom stereocenters. The van der Waals surface area contributed by atoms with Crippen molar-refractivity contribution in [2.45, 2.75) is 92.2 Å². The van der Waals surface area contributed by atoms with Gasteiger partial charge in [-0.15, -0.1) is 0 Å². The fourth-order valence-corrected chi connectivity index (χ4v) is 4.08. The SMILES string of the molecule is CCNC(=O)NC(CCC(=O)NC(C)CSC/C=C(\C)CC/C=C(\C)CCC=C(C)C)C(N)=O. The number of carbonyl (C=O) groups is 3. The standard InChI is InChI=1S/C26H46N4O3S/c1-7-28-26(33)30-23(25(27)32)14-15-24(31)29-22(6)18-34-17-16-21(5)13-9-12-20(4)11-8-10-19(2)3/h10,12,16,22-23H,7-9,11,13-15,17-18H2,1-6H3,(H2,27,32)(H,29,31)(H2,28,30,33)/b20-12+,21-16+. The lowest BCUT2D eigenvalue weighted by atomic mass is 10.1. The summed E-state index contributed by atoms with van der Waals surface area (Å²) in [5, 5.41) is 7.97. The van der Waals surface area contributed by atoms with E-state index in [1.54, 1.807) is 18.7 Å². The third-order valence-electron chi connectivity index (χ3n) is 5.09. The van der Waals surface area contributed by atoms with E-state index in [9.17, 15) is 14.4 Å². The minimum atomic E-state index is -0.869. The Balaban J connectivity index is 4.15. The summed E-state index contributed by atoms with van der Waals surface area (Å²) in [5.74, 6) is 0.903. The van der Waals surface area contributed by atoms with Crippen molar-refractivity contribution in [3.8, 4) is 0 Å². The van der Waals surface area contributed by atoms with Gasteiger partial charge in [-0.25, -0.2) is 4.79 Å². The lowest BCUT2D eigenvalue weighted by molar-refractivity contribution is -0.122. The molecular formula is C26H46N4O3S. The van der Waals surface area contributed by atoms with E-state index in [2.05, 4.69) is 61.9 Å². The predicted molar refractivity (Wildman–Crippen MR) is 145 cm³/mol. The summed E-state index contributed by atoms with van der Waals surface area (Å²) >= 11 is 1.78. The van der Waals surface area contributed by atoms with E-state index in [4.69, 9.17) is 5.73 Å². The van der Waals surface area contributed by atoms with Crippen molar-refractivity contribution in [2.75, 3.05) is 18.1 Å². The Hall–Kier alpha value is -2.22. The van der Waals surface area contributed by atoms with Crippen LogP contribution in [0.3, 0.4) is 0 Å². The van der Waals surface area contributed by atoms with Gasteiger partial charge >= 0.3 is 6.03 Å². The van der Waals surface area contributed by atoms with E-state index in [1.807, 2.05) is 6.92 Å². The average Bonchev–Trinajstić information content (AvgIpc) is 2.73. The van der Waals surface area contributed by atoms with Gasteiger partial charge in [-0.05, 0) is 73.6 Å². The smallest absolute Gasteiger partial charge is 0.315 e. The van der Waals surface area contributed by atoms with Gasteiger partial charge in [0.05, 0.1) is 0 Å². The molecule has 4 amide bonds. The molecule has 0 aromatic heterocycles. The van der Waals surface area contributed by atoms with E-state index >= 15 is 0 Å². The molecule has 0 aliphatic rings. The quantitative estimate of drug-likeness (QED) is 0.175. The zero-order valence-electron chi connectivity index (χ0n) is 22.0. The Bertz CT molecular complexity index is 728. The molecule has 34 heavy (non-hydrogen) atoms. The number of rotatable bonds is 17. The fraction of sp³-hybridized carbons (Fsp3) is 0.654. The van der Waals surface area contributed by atoms with Gasteiger partial charge in [0.15, 0.2) is 0 Å². The monoisotopic (exact) mass is 494 g/mol. The number of primary amides is 1. The minimum absolute atomic E-state index is 0.0148. The van der Waals surface area contributed by atoms with Gasteiger partial charge in [0, 0.05) is 30.5 Å². The first-order valence-electron chi connectivity index (χ1n) is 12.2. The summed E-state index contributed by atoms with van der Waals surface area (Å²) in [5.41, 5.74) is 9.53. The number of nitrogens with one attached hydrogen (secondary N) is 3. The molecule has 2 unspecified atom stereocenters. The highest BCUT2D eigenvalue weighted by molar-refractivity contribution is 7.99. The topological polar surface area (TPSA) is 113 Å². The lowest BCUT2D eigenvalue weighted by Crippen LogP contribution is -2.49. The van der Waals surface area contributed by atoms with Crippen molar-refractivity contribution in [2.24, 2.45) is 5.73 Å². The van der Waals surface area contributed by atoms with Crippen LogP contribution in [-0.2, 0) is 9.59 Å². The van der Waals surface area contributed by atoms with Gasteiger partial charge in [0.25, 0.3) is 0 Å². The average molecular weight is 495 g/mol. The maximum atomic E-state index is 12.2. The van der Waals surface area contributed by atoms with Gasteiger partial charge in [-0.2, -0.15) is 11.8 Å². The van der Waals surface area contributed by atoms with Gasteiger partial charge < -0.3 is 21.7 Å². The molecule has 0 aromatic rings. The largest absolute Gasteiger partial charge is 0.368 e. The number of amides is 4. The van der Waals surface area contributed by atoms with Crippen LogP contribution in [0.1, 0.15) is 80.1 Å². The molecular weight excluding hydrogens is 448 g/mol. The third-order valence-corrected chi connectivity index (χ3v) is 6.23. The van der Waals surface area contributed by atoms with Crippen LogP contribution >= 0.6 is 11.8 Å². The van der Waals surface area contributed by atoms with Crippen LogP contribution in [0.2, 0.25) is 0 Å². The van der Waals surface area contributed by atoms with Crippen LogP contribution in [0, 0.1) is 0 Å². The van der Waals surface area contributed by atoms with Crippen LogP contribution in [0.15, 0.2) is 34.9 Å². The molecule has 8 heteroatoms. The van der Waals surface area contributed by atoms with Gasteiger partial charge in [0.2, 0.25) is 11.8 Å². The summed E-state index contributed by atoms with van der Waals surface area (Å²) in [4.78, 5) is 35.3. The Morgan fingerprint density at radius 3 is 2.12 bits per heavy atom. The summed E-state index contributed by atoms with van der Waals surface area (Å²) < 4.78 is 0. The Morgan fingerprint density at radius 1 is 0.912 bits per heavy atom. The van der Waals surface area contributed by atoms with Crippen molar-refractivity contribution in [3.63, 3.8) is 0 Å². The molecule has 7 nitrogen and oxygen atoms in total. The van der Waals surface area contributed by atoms with Crippen molar-refractivity contribution >= 4 is 29.6 Å². The van der Waals surface area contributed by atoms with Crippen molar-refractivity contribution in [1.29, 1.82) is 0 Å². The number of thioether (sulfide) groups is 1. The zero-order valence-corrected chi connectivity index (χ0v) is 22.8. The van der Waals surface area contributed by atoms with Crippen molar-refractivity contribution < 1.29 is 14.4 Å². The van der Waals surface area contributed by atoms with E-state index in [1.165, 1.54) is 16.7 Å². The first-order valence-corrected chi connectivity index (χ1v) is 13.4.